The van der Waals surface area contributed by atoms with Gasteiger partial charge in [0.25, 0.3) is 0 Å². The van der Waals surface area contributed by atoms with E-state index in [0.29, 0.717) is 6.54 Å². The number of nitrogens with zero attached hydrogens (tertiary/aromatic N) is 1. The number of nitrogens with one attached hydrogen (secondary N) is 2. The van der Waals surface area contributed by atoms with E-state index < -0.39 is 0 Å². The first-order chi connectivity index (χ1) is 7.49. The van der Waals surface area contributed by atoms with Crippen molar-refractivity contribution in [2.75, 3.05) is 27.7 Å². The van der Waals surface area contributed by atoms with Crippen LogP contribution in [0.5, 0.6) is 0 Å². The number of hydrogen-bond donors (Lipinski definition) is 2. The van der Waals surface area contributed by atoms with Crippen LogP contribution in [0.3, 0.4) is 0 Å². The summed E-state index contributed by atoms with van der Waals surface area (Å²) in [7, 11) is 5.44. The maximum Gasteiger partial charge on any atom is 0.237 e. The van der Waals surface area contributed by atoms with E-state index in [4.69, 9.17) is 0 Å². The van der Waals surface area contributed by atoms with E-state index in [2.05, 4.69) is 10.6 Å². The van der Waals surface area contributed by atoms with Gasteiger partial charge in [0.05, 0.1) is 6.04 Å². The fourth-order valence-electron chi connectivity index (χ4n) is 1.52. The van der Waals surface area contributed by atoms with E-state index in [0.717, 1.165) is 19.3 Å². The summed E-state index contributed by atoms with van der Waals surface area (Å²) in [5.41, 5.74) is 0. The molecule has 0 spiro atoms. The average molecular weight is 232 g/mol. The van der Waals surface area contributed by atoms with Crippen LogP contribution in [0.2, 0.25) is 0 Å². The largest absolute Gasteiger partial charge is 0.358 e. The highest BCUT2D eigenvalue weighted by molar-refractivity contribution is 5.81. The lowest BCUT2D eigenvalue weighted by molar-refractivity contribution is -0.125. The predicted molar refractivity (Wildman–Crippen MR) is 64.1 cm³/mol. The smallest absolute Gasteiger partial charge is 0.237 e. The molecule has 0 radical (unpaired) electrons. The molecule has 0 rings (SSSR count). The summed E-state index contributed by atoms with van der Waals surface area (Å²) >= 11 is 0. The van der Waals surface area contributed by atoms with Gasteiger partial charge in [0.2, 0.25) is 11.8 Å². The minimum absolute atomic E-state index is 0.00420. The van der Waals surface area contributed by atoms with E-state index in [-0.39, 0.29) is 17.9 Å². The SMILES string of the molecule is CC(=O)[15NH]CCCCC([13C](=O)N[13CH3])N(C)C. The second kappa shape index (κ2) is 8.10. The highest BCUT2D eigenvalue weighted by atomic mass is 16.2. The second-order valence-corrected chi connectivity index (χ2v) is 4.07. The minimum Gasteiger partial charge on any atom is -0.358 e. The second-order valence-electron chi connectivity index (χ2n) is 4.07. The molecular weight excluding hydrogens is 209 g/mol. The molecule has 0 aliphatic heterocycles. The van der Waals surface area contributed by atoms with Crippen LogP contribution in [-0.4, -0.2) is 50.4 Å². The Balaban J connectivity index is 3.77. The zero-order valence-corrected chi connectivity index (χ0v) is 10.7. The van der Waals surface area contributed by atoms with Crippen LogP contribution >= 0.6 is 0 Å². The quantitative estimate of drug-likeness (QED) is 0.368. The zero-order valence-electron chi connectivity index (χ0n) is 10.7. The van der Waals surface area contributed by atoms with E-state index in [1.165, 1.54) is 6.92 Å². The van der Waals surface area contributed by atoms with Crippen LogP contribution in [0, 0.1) is 0 Å². The van der Waals surface area contributed by atoms with Crippen molar-refractivity contribution >= 4 is 11.8 Å². The Labute approximate surface area is 97.6 Å². The van der Waals surface area contributed by atoms with Gasteiger partial charge in [0, 0.05) is 20.5 Å². The van der Waals surface area contributed by atoms with E-state index in [9.17, 15) is 9.59 Å². The van der Waals surface area contributed by atoms with Crippen molar-refractivity contribution in [2.24, 2.45) is 0 Å². The number of carbonyl (C=O) groups is 2. The number of hydrogen-bond acceptors (Lipinski definition) is 3. The molecule has 1 atom stereocenters. The molecule has 2 amide bonds. The van der Waals surface area contributed by atoms with E-state index >= 15 is 0 Å². The van der Waals surface area contributed by atoms with Crippen molar-refractivity contribution < 1.29 is 9.59 Å². The molecule has 5 nitrogen and oxygen atoms in total. The molecular formula is C11H23N3O2. The predicted octanol–water partition coefficient (Wildman–Crippen LogP) is -0.0310. The Morgan fingerprint density at radius 3 is 2.31 bits per heavy atom. The summed E-state index contributed by atoms with van der Waals surface area (Å²) < 4.78 is 0. The molecule has 94 valence electrons. The van der Waals surface area contributed by atoms with Crippen LogP contribution in [0.4, 0.5) is 0 Å². The monoisotopic (exact) mass is 232 g/mol. The van der Waals surface area contributed by atoms with Crippen molar-refractivity contribution in [3.8, 4) is 0 Å². The molecule has 0 bridgehead atoms. The number of amides is 2. The molecule has 0 saturated heterocycles. The Hall–Kier alpha value is -1.10. The van der Waals surface area contributed by atoms with Crippen molar-refractivity contribution in [1.82, 2.24) is 15.5 Å². The minimum atomic E-state index is -0.0812. The fourth-order valence-corrected chi connectivity index (χ4v) is 1.52. The lowest BCUT2D eigenvalue weighted by atomic mass is 10.2. The summed E-state index contributed by atoms with van der Waals surface area (Å²) in [4.78, 5) is 24.0. The third-order valence-corrected chi connectivity index (χ3v) is 2.45. The molecule has 0 aliphatic rings. The van der Waals surface area contributed by atoms with Gasteiger partial charge >= 0.3 is 0 Å². The topological polar surface area (TPSA) is 61.4 Å². The lowest BCUT2D eigenvalue weighted by Gasteiger charge is -2.22. The highest BCUT2D eigenvalue weighted by Crippen LogP contribution is 2.05. The van der Waals surface area contributed by atoms with Gasteiger partial charge in [-0.25, -0.2) is 0 Å². The molecule has 2 N–H and O–H groups in total. The molecule has 1 unspecified atom stereocenters. The third-order valence-electron chi connectivity index (χ3n) is 2.45. The molecule has 0 aliphatic carbocycles. The van der Waals surface area contributed by atoms with Crippen LogP contribution in [0.25, 0.3) is 0 Å². The molecule has 5 heteroatoms. The third kappa shape index (κ3) is 6.40. The maximum atomic E-state index is 11.5. The van der Waals surface area contributed by atoms with Gasteiger partial charge in [-0.2, -0.15) is 0 Å². The van der Waals surface area contributed by atoms with Gasteiger partial charge in [-0.1, -0.05) is 0 Å². The maximum absolute atomic E-state index is 11.5. The van der Waals surface area contributed by atoms with Crippen LogP contribution < -0.4 is 10.6 Å². The molecule has 0 aromatic heterocycles. The van der Waals surface area contributed by atoms with Crippen molar-refractivity contribution in [3.05, 3.63) is 0 Å². The zero-order chi connectivity index (χ0) is 12.6. The molecule has 0 heterocycles. The Morgan fingerprint density at radius 2 is 1.88 bits per heavy atom. The van der Waals surface area contributed by atoms with Gasteiger partial charge in [0.15, 0.2) is 0 Å². The Morgan fingerprint density at radius 1 is 1.25 bits per heavy atom. The van der Waals surface area contributed by atoms with Gasteiger partial charge in [-0.05, 0) is 33.4 Å². The first kappa shape index (κ1) is 14.9. The van der Waals surface area contributed by atoms with E-state index in [1.807, 2.05) is 19.0 Å². The number of rotatable bonds is 7. The number of likely N-dealkylation sites (N-methyl/N-ethyl adjacent to an activating group) is 2. The molecule has 0 saturated carbocycles. The van der Waals surface area contributed by atoms with Gasteiger partial charge in [0.1, 0.15) is 0 Å². The standard InChI is InChI=1S/C11H23N3O2/c1-9(15)13-8-6-5-7-10(14(3)4)11(16)12-2/h10H,5-8H2,1-4H3,(H,12,16)(H,13,15)/i2+1,11+1,13+1. The number of carbonyl (C=O) groups excluding carboxylic acids is 2. The van der Waals surface area contributed by atoms with Crippen molar-refractivity contribution in [2.45, 2.75) is 32.2 Å². The summed E-state index contributed by atoms with van der Waals surface area (Å²) in [6.07, 6.45) is 2.64. The lowest BCUT2D eigenvalue weighted by Crippen LogP contribution is -2.42. The van der Waals surface area contributed by atoms with Gasteiger partial charge in [-0.15, -0.1) is 0 Å². The first-order valence-corrected chi connectivity index (χ1v) is 5.61. The van der Waals surface area contributed by atoms with Crippen LogP contribution in [0.15, 0.2) is 0 Å². The van der Waals surface area contributed by atoms with Crippen LogP contribution in [-0.2, 0) is 9.59 Å². The molecule has 0 aromatic carbocycles. The number of unbranched alkanes of at least 4 members (excludes halogenated alkanes) is 1. The van der Waals surface area contributed by atoms with Crippen molar-refractivity contribution in [3.63, 3.8) is 0 Å². The van der Waals surface area contributed by atoms with E-state index in [1.54, 1.807) is 7.05 Å². The van der Waals surface area contributed by atoms with Crippen molar-refractivity contribution in [1.29, 1.82) is 0 Å². The van der Waals surface area contributed by atoms with Gasteiger partial charge in [-0.3, -0.25) is 14.5 Å². The fraction of sp³-hybridized carbons (Fsp3) is 0.818. The summed E-state index contributed by atoms with van der Waals surface area (Å²) in [6.45, 7) is 2.19. The highest BCUT2D eigenvalue weighted by Gasteiger charge is 2.18. The average Bonchev–Trinajstić information content (AvgIpc) is 2.21. The molecule has 16 heavy (non-hydrogen) atoms. The normalized spacial score (nSPS) is 12.3. The summed E-state index contributed by atoms with van der Waals surface area (Å²) in [6, 6.07) is -0.0812. The molecule has 0 aromatic rings. The van der Waals surface area contributed by atoms with Crippen LogP contribution in [0.1, 0.15) is 26.2 Å². The summed E-state index contributed by atoms with van der Waals surface area (Å²) in [5.74, 6) is 0.0417. The molecule has 0 fully saturated rings. The summed E-state index contributed by atoms with van der Waals surface area (Å²) in [5, 5.41) is 5.39. The first-order valence-electron chi connectivity index (χ1n) is 5.61. The van der Waals surface area contributed by atoms with Gasteiger partial charge < -0.3 is 10.6 Å². The Bertz CT molecular complexity index is 229. The Kier molecular flexibility index (Phi) is 7.54.